The van der Waals surface area contributed by atoms with Crippen LogP contribution < -0.4 is 5.73 Å². The van der Waals surface area contributed by atoms with E-state index < -0.39 is 0 Å². The fraction of sp³-hybridized carbons (Fsp3) is 1.00. The quantitative estimate of drug-likeness (QED) is 0.659. The molecule has 0 amide bonds. The van der Waals surface area contributed by atoms with Crippen molar-refractivity contribution in [2.45, 2.75) is 57.9 Å². The summed E-state index contributed by atoms with van der Waals surface area (Å²) >= 11 is 2.06. The van der Waals surface area contributed by atoms with E-state index in [1.54, 1.807) is 0 Å². The van der Waals surface area contributed by atoms with Gasteiger partial charge in [0.25, 0.3) is 0 Å². The Kier molecular flexibility index (Phi) is 6.70. The lowest BCUT2D eigenvalue weighted by Crippen LogP contribution is -2.30. The lowest BCUT2D eigenvalue weighted by molar-refractivity contribution is 0.463. The third-order valence-corrected chi connectivity index (χ3v) is 4.41. The molecule has 0 bridgehead atoms. The molecule has 0 saturated heterocycles. The minimum absolute atomic E-state index is 0.476. The minimum Gasteiger partial charge on any atom is -0.327 e. The van der Waals surface area contributed by atoms with Crippen LogP contribution >= 0.6 is 11.8 Å². The number of hydrogen-bond donors (Lipinski definition) is 1. The minimum atomic E-state index is 0.476. The third-order valence-electron chi connectivity index (χ3n) is 3.21. The van der Waals surface area contributed by atoms with Gasteiger partial charge in [0.2, 0.25) is 0 Å². The van der Waals surface area contributed by atoms with Gasteiger partial charge in [-0.3, -0.25) is 0 Å². The zero-order chi connectivity index (χ0) is 10.2. The Balaban J connectivity index is 1.94. The fourth-order valence-corrected chi connectivity index (χ4v) is 3.31. The summed E-state index contributed by atoms with van der Waals surface area (Å²) in [5.41, 5.74) is 6.17. The maximum atomic E-state index is 6.17. The molecule has 0 aromatic rings. The topological polar surface area (TPSA) is 26.0 Å². The Morgan fingerprint density at radius 1 is 1.29 bits per heavy atom. The molecule has 0 aromatic heterocycles. The van der Waals surface area contributed by atoms with Crippen molar-refractivity contribution >= 4 is 11.8 Å². The molecule has 0 aromatic carbocycles. The summed E-state index contributed by atoms with van der Waals surface area (Å²) in [5, 5.41) is 0. The molecular weight excluding hydrogens is 190 g/mol. The van der Waals surface area contributed by atoms with Crippen molar-refractivity contribution in [1.82, 2.24) is 0 Å². The summed E-state index contributed by atoms with van der Waals surface area (Å²) in [6, 6.07) is 0.476. The van der Waals surface area contributed by atoms with Crippen LogP contribution in [-0.2, 0) is 0 Å². The zero-order valence-corrected chi connectivity index (χ0v) is 10.3. The molecule has 84 valence electrons. The van der Waals surface area contributed by atoms with Crippen molar-refractivity contribution in [2.24, 2.45) is 11.7 Å². The van der Waals surface area contributed by atoms with E-state index in [0.717, 1.165) is 5.92 Å². The van der Waals surface area contributed by atoms with Crippen LogP contribution in [0.2, 0.25) is 0 Å². The summed E-state index contributed by atoms with van der Waals surface area (Å²) in [7, 11) is 0. The van der Waals surface area contributed by atoms with Crippen LogP contribution in [0.15, 0.2) is 0 Å². The molecule has 2 heteroatoms. The van der Waals surface area contributed by atoms with Gasteiger partial charge in [-0.1, -0.05) is 32.6 Å². The molecule has 0 heterocycles. The second-order valence-corrected chi connectivity index (χ2v) is 5.64. The van der Waals surface area contributed by atoms with Crippen molar-refractivity contribution in [3.05, 3.63) is 0 Å². The van der Waals surface area contributed by atoms with Crippen molar-refractivity contribution in [3.63, 3.8) is 0 Å². The summed E-state index contributed by atoms with van der Waals surface area (Å²) in [5.74, 6) is 3.34. The summed E-state index contributed by atoms with van der Waals surface area (Å²) < 4.78 is 0. The molecule has 0 aliphatic heterocycles. The standard InChI is InChI=1S/C12H25NS/c1-2-3-6-9-14-10-12(13)11-7-4-5-8-11/h11-12H,2-10,13H2,1H3. The lowest BCUT2D eigenvalue weighted by Gasteiger charge is -2.18. The van der Waals surface area contributed by atoms with Crippen LogP contribution in [0.3, 0.4) is 0 Å². The van der Waals surface area contributed by atoms with E-state index in [2.05, 4.69) is 18.7 Å². The van der Waals surface area contributed by atoms with Crippen LogP contribution in [0.5, 0.6) is 0 Å². The molecule has 1 saturated carbocycles. The first kappa shape index (κ1) is 12.4. The molecule has 1 rings (SSSR count). The van der Waals surface area contributed by atoms with Crippen molar-refractivity contribution in [2.75, 3.05) is 11.5 Å². The first-order valence-electron chi connectivity index (χ1n) is 6.18. The molecule has 1 aliphatic carbocycles. The van der Waals surface area contributed by atoms with Gasteiger partial charge >= 0.3 is 0 Å². The number of rotatable bonds is 7. The van der Waals surface area contributed by atoms with E-state index in [1.165, 1.54) is 56.5 Å². The number of hydrogen-bond acceptors (Lipinski definition) is 2. The number of unbranched alkanes of at least 4 members (excludes halogenated alkanes) is 2. The number of thioether (sulfide) groups is 1. The fourth-order valence-electron chi connectivity index (χ4n) is 2.20. The van der Waals surface area contributed by atoms with Crippen LogP contribution in [0.4, 0.5) is 0 Å². The first-order valence-corrected chi connectivity index (χ1v) is 7.33. The van der Waals surface area contributed by atoms with Gasteiger partial charge in [0.15, 0.2) is 0 Å². The summed E-state index contributed by atoms with van der Waals surface area (Å²) in [6.45, 7) is 2.26. The SMILES string of the molecule is CCCCCSCC(N)C1CCCC1. The molecule has 1 unspecified atom stereocenters. The lowest BCUT2D eigenvalue weighted by atomic mass is 10.0. The largest absolute Gasteiger partial charge is 0.327 e. The molecule has 1 nitrogen and oxygen atoms in total. The average molecular weight is 215 g/mol. The van der Waals surface area contributed by atoms with Gasteiger partial charge in [-0.25, -0.2) is 0 Å². The maximum absolute atomic E-state index is 6.17. The van der Waals surface area contributed by atoms with Crippen molar-refractivity contribution in [1.29, 1.82) is 0 Å². The van der Waals surface area contributed by atoms with Crippen molar-refractivity contribution in [3.8, 4) is 0 Å². The second kappa shape index (κ2) is 7.58. The third kappa shape index (κ3) is 4.70. The van der Waals surface area contributed by atoms with Gasteiger partial charge in [-0.2, -0.15) is 11.8 Å². The Hall–Kier alpha value is 0.310. The van der Waals surface area contributed by atoms with Crippen LogP contribution in [0.1, 0.15) is 51.9 Å². The Labute approximate surface area is 93.2 Å². The van der Waals surface area contributed by atoms with E-state index in [1.807, 2.05) is 0 Å². The van der Waals surface area contributed by atoms with Crippen LogP contribution in [0, 0.1) is 5.92 Å². The van der Waals surface area contributed by atoms with E-state index in [4.69, 9.17) is 5.73 Å². The zero-order valence-electron chi connectivity index (χ0n) is 9.50. The molecule has 1 aliphatic rings. The second-order valence-electron chi connectivity index (χ2n) is 4.49. The Morgan fingerprint density at radius 2 is 2.00 bits per heavy atom. The van der Waals surface area contributed by atoms with E-state index in [0.29, 0.717) is 6.04 Å². The molecular formula is C12H25NS. The maximum Gasteiger partial charge on any atom is 0.0158 e. The van der Waals surface area contributed by atoms with Gasteiger partial charge in [0, 0.05) is 11.8 Å². The number of nitrogens with two attached hydrogens (primary N) is 1. The van der Waals surface area contributed by atoms with Crippen LogP contribution in [0.25, 0.3) is 0 Å². The predicted octanol–water partition coefficient (Wildman–Crippen LogP) is 3.43. The van der Waals surface area contributed by atoms with E-state index >= 15 is 0 Å². The molecule has 0 spiro atoms. The highest BCUT2D eigenvalue weighted by Gasteiger charge is 2.21. The molecule has 1 atom stereocenters. The first-order chi connectivity index (χ1) is 6.84. The highest BCUT2D eigenvalue weighted by Crippen LogP contribution is 2.28. The van der Waals surface area contributed by atoms with Gasteiger partial charge in [0.05, 0.1) is 0 Å². The van der Waals surface area contributed by atoms with Gasteiger partial charge in [-0.05, 0) is 30.9 Å². The predicted molar refractivity (Wildman–Crippen MR) is 66.8 cm³/mol. The Bertz CT molecular complexity index is 132. The Morgan fingerprint density at radius 3 is 2.64 bits per heavy atom. The summed E-state index contributed by atoms with van der Waals surface area (Å²) in [6.07, 6.45) is 9.69. The monoisotopic (exact) mass is 215 g/mol. The highest BCUT2D eigenvalue weighted by atomic mass is 32.2. The normalized spacial score (nSPS) is 20.1. The van der Waals surface area contributed by atoms with Crippen LogP contribution in [-0.4, -0.2) is 17.5 Å². The molecule has 1 fully saturated rings. The summed E-state index contributed by atoms with van der Waals surface area (Å²) in [4.78, 5) is 0. The molecule has 0 radical (unpaired) electrons. The average Bonchev–Trinajstić information content (AvgIpc) is 2.70. The van der Waals surface area contributed by atoms with Crippen molar-refractivity contribution < 1.29 is 0 Å². The van der Waals surface area contributed by atoms with Gasteiger partial charge < -0.3 is 5.73 Å². The van der Waals surface area contributed by atoms with Gasteiger partial charge in [0.1, 0.15) is 0 Å². The molecule has 14 heavy (non-hydrogen) atoms. The van der Waals surface area contributed by atoms with Gasteiger partial charge in [-0.15, -0.1) is 0 Å². The smallest absolute Gasteiger partial charge is 0.0158 e. The van der Waals surface area contributed by atoms with E-state index in [9.17, 15) is 0 Å². The van der Waals surface area contributed by atoms with E-state index in [-0.39, 0.29) is 0 Å². The molecule has 2 N–H and O–H groups in total. The highest BCUT2D eigenvalue weighted by molar-refractivity contribution is 7.99.